The summed E-state index contributed by atoms with van der Waals surface area (Å²) in [7, 11) is 0. The van der Waals surface area contributed by atoms with Crippen molar-refractivity contribution in [2.75, 3.05) is 13.2 Å². The van der Waals surface area contributed by atoms with Crippen molar-refractivity contribution in [2.45, 2.75) is 26.8 Å². The Morgan fingerprint density at radius 2 is 1.82 bits per heavy atom. The normalized spacial score (nSPS) is 12.0. The van der Waals surface area contributed by atoms with Crippen LogP contribution in [0.1, 0.15) is 37.9 Å². The molecule has 1 N–H and O–H groups in total. The average molecular weight is 443 g/mol. The third kappa shape index (κ3) is 5.61. The van der Waals surface area contributed by atoms with E-state index in [1.807, 2.05) is 57.2 Å². The summed E-state index contributed by atoms with van der Waals surface area (Å²) in [4.78, 5) is 12.6. The third-order valence-electron chi connectivity index (χ3n) is 3.98. The average Bonchev–Trinajstić information content (AvgIpc) is 2.70. The summed E-state index contributed by atoms with van der Waals surface area (Å²) < 4.78 is 12.0. The van der Waals surface area contributed by atoms with Gasteiger partial charge in [-0.3, -0.25) is 4.79 Å². The minimum atomic E-state index is -0.439. The maximum atomic E-state index is 12.6. The summed E-state index contributed by atoms with van der Waals surface area (Å²) in [5.74, 6) is 0.751. The Morgan fingerprint density at radius 1 is 1.18 bits per heavy atom. The van der Waals surface area contributed by atoms with Gasteiger partial charge in [0.15, 0.2) is 0 Å². The fourth-order valence-electron chi connectivity index (χ4n) is 2.61. The van der Waals surface area contributed by atoms with Crippen molar-refractivity contribution < 1.29 is 14.3 Å². The van der Waals surface area contributed by atoms with Gasteiger partial charge < -0.3 is 14.8 Å². The van der Waals surface area contributed by atoms with Crippen molar-refractivity contribution >= 4 is 27.9 Å². The van der Waals surface area contributed by atoms with Crippen LogP contribution in [0.2, 0.25) is 0 Å². The maximum absolute atomic E-state index is 12.6. The van der Waals surface area contributed by atoms with Gasteiger partial charge in [0.05, 0.1) is 23.7 Å². The second-order valence-electron chi connectivity index (χ2n) is 5.96. The summed E-state index contributed by atoms with van der Waals surface area (Å²) in [6.45, 7) is 6.61. The molecule has 0 aliphatic rings. The van der Waals surface area contributed by atoms with Crippen LogP contribution in [0.4, 0.5) is 0 Å². The SMILES string of the molecule is CCOc1cc(OCC)c(/C=C(/C#N)C(=O)N[C@H](C)c2ccccc2)cc1Br. The standard InChI is InChI=1S/C22H23BrN2O3/c1-4-27-20-13-21(28-5-2)19(23)12-17(20)11-18(14-24)22(26)25-15(3)16-9-7-6-8-10-16/h6-13,15H,4-5H2,1-3H3,(H,25,26)/b18-11-/t15-/m1/s1. The zero-order chi connectivity index (χ0) is 20.5. The van der Waals surface area contributed by atoms with E-state index in [0.29, 0.717) is 30.3 Å². The van der Waals surface area contributed by atoms with Gasteiger partial charge >= 0.3 is 0 Å². The highest BCUT2D eigenvalue weighted by Crippen LogP contribution is 2.34. The fourth-order valence-corrected chi connectivity index (χ4v) is 3.09. The minimum absolute atomic E-state index is 0.000191. The summed E-state index contributed by atoms with van der Waals surface area (Å²) in [5, 5.41) is 12.4. The molecule has 0 spiro atoms. The van der Waals surface area contributed by atoms with Crippen molar-refractivity contribution in [3.63, 3.8) is 0 Å². The number of ether oxygens (including phenoxy) is 2. The first-order valence-corrected chi connectivity index (χ1v) is 9.86. The zero-order valence-corrected chi connectivity index (χ0v) is 17.7. The minimum Gasteiger partial charge on any atom is -0.493 e. The van der Waals surface area contributed by atoms with E-state index < -0.39 is 5.91 Å². The molecule has 0 radical (unpaired) electrons. The molecule has 5 nitrogen and oxygen atoms in total. The van der Waals surface area contributed by atoms with Crippen molar-refractivity contribution in [1.29, 1.82) is 5.26 Å². The first kappa shape index (κ1) is 21.5. The molecule has 28 heavy (non-hydrogen) atoms. The molecule has 0 aromatic heterocycles. The largest absolute Gasteiger partial charge is 0.493 e. The number of halogens is 1. The van der Waals surface area contributed by atoms with Crippen molar-refractivity contribution in [1.82, 2.24) is 5.32 Å². The highest BCUT2D eigenvalue weighted by molar-refractivity contribution is 9.10. The van der Waals surface area contributed by atoms with Crippen LogP contribution in [0.5, 0.6) is 11.5 Å². The number of nitriles is 1. The molecule has 0 saturated heterocycles. The van der Waals surface area contributed by atoms with Gasteiger partial charge in [-0.1, -0.05) is 30.3 Å². The Labute approximate surface area is 174 Å². The smallest absolute Gasteiger partial charge is 0.262 e. The number of rotatable bonds is 8. The van der Waals surface area contributed by atoms with Gasteiger partial charge in [0.2, 0.25) is 0 Å². The van der Waals surface area contributed by atoms with Crippen molar-refractivity contribution in [3.05, 3.63) is 63.6 Å². The molecule has 0 bridgehead atoms. The van der Waals surface area contributed by atoms with Gasteiger partial charge in [0.25, 0.3) is 5.91 Å². The first-order chi connectivity index (χ1) is 13.5. The molecule has 0 aliphatic carbocycles. The lowest BCUT2D eigenvalue weighted by molar-refractivity contribution is -0.117. The molecule has 0 unspecified atom stereocenters. The molecule has 1 amide bonds. The monoisotopic (exact) mass is 442 g/mol. The van der Waals surface area contributed by atoms with Crippen LogP contribution in [0.3, 0.4) is 0 Å². The van der Waals surface area contributed by atoms with Crippen LogP contribution >= 0.6 is 15.9 Å². The molecule has 0 fully saturated rings. The number of hydrogen-bond acceptors (Lipinski definition) is 4. The number of hydrogen-bond donors (Lipinski definition) is 1. The van der Waals surface area contributed by atoms with E-state index >= 15 is 0 Å². The van der Waals surface area contributed by atoms with Crippen LogP contribution in [0.15, 0.2) is 52.5 Å². The highest BCUT2D eigenvalue weighted by Gasteiger charge is 2.16. The Bertz CT molecular complexity index is 889. The predicted molar refractivity (Wildman–Crippen MR) is 113 cm³/mol. The molecule has 6 heteroatoms. The molecule has 0 aliphatic heterocycles. The second kappa shape index (κ2) is 10.5. The summed E-state index contributed by atoms with van der Waals surface area (Å²) in [6, 6.07) is 14.9. The van der Waals surface area contributed by atoms with Crippen molar-refractivity contribution in [2.24, 2.45) is 0 Å². The van der Waals surface area contributed by atoms with Crippen LogP contribution in [-0.4, -0.2) is 19.1 Å². The van der Waals surface area contributed by atoms with E-state index in [2.05, 4.69) is 21.2 Å². The molecule has 0 heterocycles. The van der Waals surface area contributed by atoms with E-state index in [1.54, 1.807) is 12.1 Å². The van der Waals surface area contributed by atoms with E-state index in [4.69, 9.17) is 9.47 Å². The molecular weight excluding hydrogens is 420 g/mol. The maximum Gasteiger partial charge on any atom is 0.262 e. The Kier molecular flexibility index (Phi) is 8.09. The van der Waals surface area contributed by atoms with Gasteiger partial charge in [0, 0.05) is 11.6 Å². The Hall–Kier alpha value is -2.78. The highest BCUT2D eigenvalue weighted by atomic mass is 79.9. The predicted octanol–water partition coefficient (Wildman–Crippen LogP) is 5.03. The molecule has 2 aromatic rings. The van der Waals surface area contributed by atoms with E-state index in [1.165, 1.54) is 6.08 Å². The second-order valence-corrected chi connectivity index (χ2v) is 6.82. The van der Waals surface area contributed by atoms with Gasteiger partial charge in [-0.25, -0.2) is 0 Å². The number of benzene rings is 2. The molecule has 2 rings (SSSR count). The molecule has 1 atom stereocenters. The lowest BCUT2D eigenvalue weighted by Crippen LogP contribution is -2.27. The number of carbonyl (C=O) groups excluding carboxylic acids is 1. The first-order valence-electron chi connectivity index (χ1n) is 9.06. The van der Waals surface area contributed by atoms with Crippen LogP contribution < -0.4 is 14.8 Å². The quantitative estimate of drug-likeness (QED) is 0.459. The van der Waals surface area contributed by atoms with Crippen LogP contribution in [0.25, 0.3) is 6.08 Å². The lowest BCUT2D eigenvalue weighted by atomic mass is 10.1. The third-order valence-corrected chi connectivity index (χ3v) is 4.60. The van der Waals surface area contributed by atoms with Crippen LogP contribution in [-0.2, 0) is 4.79 Å². The Morgan fingerprint density at radius 3 is 2.43 bits per heavy atom. The van der Waals surface area contributed by atoms with Crippen LogP contribution in [0, 0.1) is 11.3 Å². The fraction of sp³-hybridized carbons (Fsp3) is 0.273. The molecule has 0 saturated carbocycles. The summed E-state index contributed by atoms with van der Waals surface area (Å²) in [6.07, 6.45) is 1.53. The number of carbonyl (C=O) groups is 1. The van der Waals surface area contributed by atoms with Crippen molar-refractivity contribution in [3.8, 4) is 17.6 Å². The number of amides is 1. The zero-order valence-electron chi connectivity index (χ0n) is 16.2. The molecule has 146 valence electrons. The Balaban J connectivity index is 2.31. The molecular formula is C22H23BrN2O3. The lowest BCUT2D eigenvalue weighted by Gasteiger charge is -2.15. The summed E-state index contributed by atoms with van der Waals surface area (Å²) in [5.41, 5.74) is 1.59. The van der Waals surface area contributed by atoms with Gasteiger partial charge in [-0.15, -0.1) is 0 Å². The topological polar surface area (TPSA) is 71.3 Å². The van der Waals surface area contributed by atoms with Gasteiger partial charge in [-0.2, -0.15) is 5.26 Å². The van der Waals surface area contributed by atoms with E-state index in [0.717, 1.165) is 10.0 Å². The number of nitrogens with one attached hydrogen (secondary N) is 1. The van der Waals surface area contributed by atoms with Gasteiger partial charge in [-0.05, 0) is 54.4 Å². The van der Waals surface area contributed by atoms with E-state index in [9.17, 15) is 10.1 Å². The summed E-state index contributed by atoms with van der Waals surface area (Å²) >= 11 is 3.46. The number of nitrogens with zero attached hydrogens (tertiary/aromatic N) is 1. The van der Waals surface area contributed by atoms with Gasteiger partial charge in [0.1, 0.15) is 23.1 Å². The molecule has 2 aromatic carbocycles. The van der Waals surface area contributed by atoms with E-state index in [-0.39, 0.29) is 11.6 Å².